The molecule has 1 N–H and O–H groups in total. The van der Waals surface area contributed by atoms with Gasteiger partial charge in [-0.1, -0.05) is 84.1 Å². The Morgan fingerprint density at radius 3 is 2.02 bits per heavy atom. The fourth-order valence-electron chi connectivity index (χ4n) is 4.29. The molecule has 4 aromatic carbocycles. The number of amides is 1. The maximum Gasteiger partial charge on any atom is 0.261 e. The van der Waals surface area contributed by atoms with E-state index in [-0.39, 0.29) is 10.8 Å². The van der Waals surface area contributed by atoms with Gasteiger partial charge in [0.15, 0.2) is 0 Å². The Hall–Kier alpha value is -4.76. The van der Waals surface area contributed by atoms with Gasteiger partial charge in [0, 0.05) is 37.0 Å². The molecular weight excluding hydrogens is 522 g/mol. The fourth-order valence-corrected chi connectivity index (χ4v) is 5.34. The predicted octanol–water partition coefficient (Wildman–Crippen LogP) is 5.01. The van der Waals surface area contributed by atoms with Crippen molar-refractivity contribution in [1.29, 1.82) is 0 Å². The number of nitrogens with zero attached hydrogens (tertiary/aromatic N) is 4. The summed E-state index contributed by atoms with van der Waals surface area (Å²) in [6, 6.07) is 34.5. The van der Waals surface area contributed by atoms with Crippen LogP contribution in [0.3, 0.4) is 0 Å². The van der Waals surface area contributed by atoms with Crippen molar-refractivity contribution in [1.82, 2.24) is 19.9 Å². The van der Waals surface area contributed by atoms with Crippen LogP contribution in [0.2, 0.25) is 0 Å². The summed E-state index contributed by atoms with van der Waals surface area (Å²) in [4.78, 5) is 15.4. The molecule has 0 aliphatic rings. The van der Waals surface area contributed by atoms with E-state index in [1.165, 1.54) is 12.1 Å². The van der Waals surface area contributed by atoms with Crippen molar-refractivity contribution < 1.29 is 13.2 Å². The van der Waals surface area contributed by atoms with Gasteiger partial charge in [0.2, 0.25) is 0 Å². The zero-order valence-corrected chi connectivity index (χ0v) is 22.6. The van der Waals surface area contributed by atoms with Gasteiger partial charge in [-0.25, -0.2) is 13.1 Å². The van der Waals surface area contributed by atoms with E-state index < -0.39 is 10.0 Å². The number of carbonyl (C=O) groups excluding carboxylic acids is 1. The van der Waals surface area contributed by atoms with E-state index in [2.05, 4.69) is 15.0 Å². The van der Waals surface area contributed by atoms with Crippen LogP contribution in [0.25, 0.3) is 0 Å². The summed E-state index contributed by atoms with van der Waals surface area (Å²) >= 11 is 0. The number of sulfonamides is 1. The SMILES string of the molecule is O=C(c1ccc(S(=O)(=O)Nc2ccccc2)cc1)N(CCc1cn(Cc2ccccc2)nn1)Cc1ccccc1. The van der Waals surface area contributed by atoms with Gasteiger partial charge in [-0.3, -0.25) is 9.52 Å². The first-order chi connectivity index (χ1) is 19.5. The van der Waals surface area contributed by atoms with E-state index in [0.29, 0.717) is 37.3 Å². The summed E-state index contributed by atoms with van der Waals surface area (Å²) < 4.78 is 30.0. The van der Waals surface area contributed by atoms with Gasteiger partial charge in [0.05, 0.1) is 17.1 Å². The van der Waals surface area contributed by atoms with Gasteiger partial charge in [0.25, 0.3) is 15.9 Å². The van der Waals surface area contributed by atoms with Crippen molar-refractivity contribution in [2.24, 2.45) is 0 Å². The molecule has 8 nitrogen and oxygen atoms in total. The number of nitrogens with one attached hydrogen (secondary N) is 1. The van der Waals surface area contributed by atoms with E-state index in [9.17, 15) is 13.2 Å². The molecule has 0 bridgehead atoms. The topological polar surface area (TPSA) is 97.2 Å². The molecule has 5 rings (SSSR count). The fraction of sp³-hybridized carbons (Fsp3) is 0.129. The number of hydrogen-bond acceptors (Lipinski definition) is 5. The summed E-state index contributed by atoms with van der Waals surface area (Å²) in [6.45, 7) is 1.45. The lowest BCUT2D eigenvalue weighted by Gasteiger charge is -2.23. The Morgan fingerprint density at radius 2 is 1.38 bits per heavy atom. The van der Waals surface area contributed by atoms with Gasteiger partial charge >= 0.3 is 0 Å². The van der Waals surface area contributed by atoms with Crippen LogP contribution in [-0.2, 0) is 29.5 Å². The molecule has 0 aliphatic heterocycles. The highest BCUT2D eigenvalue weighted by Gasteiger charge is 2.19. The zero-order chi connectivity index (χ0) is 27.8. The summed E-state index contributed by atoms with van der Waals surface area (Å²) in [5, 5.41) is 8.54. The lowest BCUT2D eigenvalue weighted by atomic mass is 10.1. The molecular formula is C31H29N5O3S. The molecule has 0 unspecified atom stereocenters. The second-order valence-electron chi connectivity index (χ2n) is 9.35. The summed E-state index contributed by atoms with van der Waals surface area (Å²) in [5.41, 5.74) is 3.79. The molecule has 0 aliphatic carbocycles. The Bertz CT molecular complexity index is 1640. The maximum atomic E-state index is 13.6. The maximum absolute atomic E-state index is 13.6. The molecule has 1 amide bonds. The Balaban J connectivity index is 1.29. The normalized spacial score (nSPS) is 11.2. The van der Waals surface area contributed by atoms with Gasteiger partial charge in [-0.15, -0.1) is 5.10 Å². The highest BCUT2D eigenvalue weighted by molar-refractivity contribution is 7.92. The predicted molar refractivity (Wildman–Crippen MR) is 154 cm³/mol. The number of benzene rings is 4. The van der Waals surface area contributed by atoms with Crippen LogP contribution in [0.5, 0.6) is 0 Å². The van der Waals surface area contributed by atoms with Crippen LogP contribution in [0.15, 0.2) is 126 Å². The summed E-state index contributed by atoms with van der Waals surface area (Å²) in [6.07, 6.45) is 2.43. The number of rotatable bonds is 11. The average molecular weight is 552 g/mol. The molecule has 0 atom stereocenters. The molecule has 0 fully saturated rings. The molecule has 202 valence electrons. The Labute approximate surface area is 234 Å². The highest BCUT2D eigenvalue weighted by atomic mass is 32.2. The third-order valence-electron chi connectivity index (χ3n) is 6.35. The first-order valence-corrected chi connectivity index (χ1v) is 14.4. The average Bonchev–Trinajstić information content (AvgIpc) is 3.43. The molecule has 1 heterocycles. The minimum absolute atomic E-state index is 0.0811. The minimum Gasteiger partial charge on any atom is -0.334 e. The van der Waals surface area contributed by atoms with Crippen molar-refractivity contribution in [3.63, 3.8) is 0 Å². The first-order valence-electron chi connectivity index (χ1n) is 12.9. The van der Waals surface area contributed by atoms with Gasteiger partial charge < -0.3 is 4.90 Å². The number of aromatic nitrogens is 3. The van der Waals surface area contributed by atoms with Crippen LogP contribution in [-0.4, -0.2) is 40.8 Å². The Kier molecular flexibility index (Phi) is 8.32. The molecule has 40 heavy (non-hydrogen) atoms. The molecule has 0 saturated heterocycles. The van der Waals surface area contributed by atoms with Crippen LogP contribution in [0.1, 0.15) is 27.2 Å². The minimum atomic E-state index is -3.78. The molecule has 5 aromatic rings. The smallest absolute Gasteiger partial charge is 0.261 e. The van der Waals surface area contributed by atoms with E-state index in [0.717, 1.165) is 16.8 Å². The summed E-state index contributed by atoms with van der Waals surface area (Å²) in [7, 11) is -3.78. The number of anilines is 1. The van der Waals surface area contributed by atoms with Crippen molar-refractivity contribution in [3.05, 3.63) is 144 Å². The number of carbonyl (C=O) groups is 1. The van der Waals surface area contributed by atoms with Gasteiger partial charge in [0.1, 0.15) is 0 Å². The summed E-state index contributed by atoms with van der Waals surface area (Å²) in [5.74, 6) is -0.194. The van der Waals surface area contributed by atoms with Crippen LogP contribution in [0, 0.1) is 0 Å². The molecule has 1 aromatic heterocycles. The zero-order valence-electron chi connectivity index (χ0n) is 21.8. The molecule has 0 spiro atoms. The number of hydrogen-bond donors (Lipinski definition) is 1. The van der Waals surface area contributed by atoms with Gasteiger partial charge in [-0.2, -0.15) is 0 Å². The lowest BCUT2D eigenvalue weighted by molar-refractivity contribution is 0.0744. The van der Waals surface area contributed by atoms with E-state index in [1.54, 1.807) is 46.0 Å². The largest absolute Gasteiger partial charge is 0.334 e. The third kappa shape index (κ3) is 7.00. The van der Waals surface area contributed by atoms with E-state index in [4.69, 9.17) is 0 Å². The van der Waals surface area contributed by atoms with Crippen molar-refractivity contribution in [2.75, 3.05) is 11.3 Å². The van der Waals surface area contributed by atoms with Crippen molar-refractivity contribution >= 4 is 21.6 Å². The Morgan fingerprint density at radius 1 is 0.775 bits per heavy atom. The van der Waals surface area contributed by atoms with Crippen molar-refractivity contribution in [3.8, 4) is 0 Å². The van der Waals surface area contributed by atoms with E-state index in [1.807, 2.05) is 72.9 Å². The van der Waals surface area contributed by atoms with Crippen LogP contribution < -0.4 is 4.72 Å². The lowest BCUT2D eigenvalue weighted by Crippen LogP contribution is -2.32. The molecule has 0 radical (unpaired) electrons. The second-order valence-corrected chi connectivity index (χ2v) is 11.0. The van der Waals surface area contributed by atoms with Crippen LogP contribution >= 0.6 is 0 Å². The third-order valence-corrected chi connectivity index (χ3v) is 7.75. The van der Waals surface area contributed by atoms with Crippen molar-refractivity contribution in [2.45, 2.75) is 24.4 Å². The van der Waals surface area contributed by atoms with Crippen LogP contribution in [0.4, 0.5) is 5.69 Å². The molecule has 9 heteroatoms. The second kappa shape index (κ2) is 12.4. The van der Waals surface area contributed by atoms with E-state index >= 15 is 0 Å². The monoisotopic (exact) mass is 551 g/mol. The first kappa shape index (κ1) is 26.8. The standard InChI is InChI=1S/C31H29N5O3S/c37-31(27-16-18-30(19-17-27)40(38,39)33-28-14-8-3-9-15-28)35(22-25-10-4-1-5-11-25)21-20-29-24-36(34-32-29)23-26-12-6-2-7-13-26/h1-19,24,33H,20-23H2. The quantitative estimate of drug-likeness (QED) is 0.249. The van der Waals surface area contributed by atoms with Gasteiger partial charge in [-0.05, 0) is 47.5 Å². The molecule has 0 saturated carbocycles. The highest BCUT2D eigenvalue weighted by Crippen LogP contribution is 2.18. The number of para-hydroxylation sites is 1.